The number of methoxy groups -OCH3 is 1. The van der Waals surface area contributed by atoms with Crippen molar-refractivity contribution in [3.05, 3.63) is 18.2 Å². The second kappa shape index (κ2) is 4.77. The Morgan fingerprint density at radius 2 is 2.27 bits per heavy atom. The molecule has 1 atom stereocenters. The number of aromatic nitrogens is 2. The van der Waals surface area contributed by atoms with E-state index in [2.05, 4.69) is 16.5 Å². The van der Waals surface area contributed by atoms with Gasteiger partial charge in [0.2, 0.25) is 0 Å². The highest BCUT2D eigenvalue weighted by Crippen LogP contribution is 2.15. The van der Waals surface area contributed by atoms with Crippen LogP contribution in [0, 0.1) is 0 Å². The first-order valence-electron chi connectivity index (χ1n) is 5.32. The fraction of sp³-hybridized carbons (Fsp3) is 0.727. The van der Waals surface area contributed by atoms with Crippen molar-refractivity contribution in [3.8, 4) is 0 Å². The molecule has 0 aromatic carbocycles. The molecule has 0 aliphatic heterocycles. The van der Waals surface area contributed by atoms with Crippen molar-refractivity contribution in [2.75, 3.05) is 7.11 Å². The van der Waals surface area contributed by atoms with E-state index in [9.17, 15) is 0 Å². The largest absolute Gasteiger partial charge is 0.377 e. The zero-order valence-corrected chi connectivity index (χ0v) is 10.0. The Bertz CT molecular complexity index is 307. The maximum Gasteiger partial charge on any atom is 0.110 e. The summed E-state index contributed by atoms with van der Waals surface area (Å²) in [6.45, 7) is 7.02. The number of hydrogen-bond donors (Lipinski definition) is 1. The second-order valence-corrected chi connectivity index (χ2v) is 4.25. The van der Waals surface area contributed by atoms with Gasteiger partial charge in [0.25, 0.3) is 0 Å². The average molecular weight is 211 g/mol. The van der Waals surface area contributed by atoms with Crippen molar-refractivity contribution in [1.82, 2.24) is 9.55 Å². The molecule has 1 unspecified atom stereocenters. The van der Waals surface area contributed by atoms with Crippen LogP contribution in [0.5, 0.6) is 0 Å². The van der Waals surface area contributed by atoms with Gasteiger partial charge in [-0.15, -0.1) is 0 Å². The summed E-state index contributed by atoms with van der Waals surface area (Å²) in [6.07, 6.45) is 4.52. The Hall–Kier alpha value is -0.870. The van der Waals surface area contributed by atoms with Crippen LogP contribution >= 0.6 is 0 Å². The smallest absolute Gasteiger partial charge is 0.110 e. The van der Waals surface area contributed by atoms with E-state index in [-0.39, 0.29) is 11.6 Å². The van der Waals surface area contributed by atoms with Crippen molar-refractivity contribution < 1.29 is 4.74 Å². The quantitative estimate of drug-likeness (QED) is 0.796. The SMILES string of the molecule is CCn1ccnc1CC(N)C(C)(C)OC. The highest BCUT2D eigenvalue weighted by molar-refractivity contribution is 4.98. The minimum Gasteiger partial charge on any atom is -0.377 e. The molecule has 1 aromatic heterocycles. The molecule has 0 radical (unpaired) electrons. The number of nitrogens with zero attached hydrogens (tertiary/aromatic N) is 2. The molecule has 4 nitrogen and oxygen atoms in total. The van der Waals surface area contributed by atoms with E-state index in [1.807, 2.05) is 26.2 Å². The van der Waals surface area contributed by atoms with Crippen LogP contribution in [-0.2, 0) is 17.7 Å². The summed E-state index contributed by atoms with van der Waals surface area (Å²) in [4.78, 5) is 4.30. The number of aryl methyl sites for hydroxylation is 1. The first-order chi connectivity index (χ1) is 7.01. The summed E-state index contributed by atoms with van der Waals surface area (Å²) in [6, 6.07) is -0.0461. The molecule has 0 saturated carbocycles. The Labute approximate surface area is 91.4 Å². The summed E-state index contributed by atoms with van der Waals surface area (Å²) >= 11 is 0. The first kappa shape index (κ1) is 12.2. The zero-order valence-electron chi connectivity index (χ0n) is 10.0. The maximum atomic E-state index is 6.10. The summed E-state index contributed by atoms with van der Waals surface area (Å²) in [7, 11) is 1.69. The van der Waals surface area contributed by atoms with E-state index in [0.29, 0.717) is 0 Å². The van der Waals surface area contributed by atoms with Crippen molar-refractivity contribution in [2.45, 2.75) is 45.4 Å². The van der Waals surface area contributed by atoms with E-state index in [4.69, 9.17) is 10.5 Å². The third-order valence-corrected chi connectivity index (χ3v) is 2.96. The minimum atomic E-state index is -0.315. The van der Waals surface area contributed by atoms with Crippen LogP contribution in [0.3, 0.4) is 0 Å². The van der Waals surface area contributed by atoms with Crippen LogP contribution in [0.15, 0.2) is 12.4 Å². The first-order valence-corrected chi connectivity index (χ1v) is 5.32. The van der Waals surface area contributed by atoms with Gasteiger partial charge in [-0.1, -0.05) is 0 Å². The van der Waals surface area contributed by atoms with Gasteiger partial charge >= 0.3 is 0 Å². The predicted octanol–water partition coefficient (Wildman–Crippen LogP) is 1.20. The lowest BCUT2D eigenvalue weighted by Gasteiger charge is -2.29. The van der Waals surface area contributed by atoms with E-state index in [1.165, 1.54) is 0 Å². The second-order valence-electron chi connectivity index (χ2n) is 4.25. The topological polar surface area (TPSA) is 53.1 Å². The molecule has 0 aliphatic rings. The third kappa shape index (κ3) is 2.79. The maximum absolute atomic E-state index is 6.10. The molecule has 0 fully saturated rings. The molecule has 1 aromatic rings. The molecule has 86 valence electrons. The van der Waals surface area contributed by atoms with Gasteiger partial charge in [-0.3, -0.25) is 0 Å². The fourth-order valence-electron chi connectivity index (χ4n) is 1.41. The average Bonchev–Trinajstić information content (AvgIpc) is 2.65. The van der Waals surface area contributed by atoms with Crippen LogP contribution in [-0.4, -0.2) is 28.3 Å². The van der Waals surface area contributed by atoms with Crippen molar-refractivity contribution in [3.63, 3.8) is 0 Å². The standard InChI is InChI=1S/C11H21N3O/c1-5-14-7-6-13-10(14)8-9(12)11(2,3)15-4/h6-7,9H,5,8,12H2,1-4H3. The molecule has 0 spiro atoms. The van der Waals surface area contributed by atoms with Gasteiger partial charge in [-0.2, -0.15) is 0 Å². The Kier molecular flexibility index (Phi) is 3.88. The molecule has 0 aliphatic carbocycles. The van der Waals surface area contributed by atoms with E-state index in [1.54, 1.807) is 7.11 Å². The van der Waals surface area contributed by atoms with Crippen LogP contribution in [0.1, 0.15) is 26.6 Å². The van der Waals surface area contributed by atoms with Gasteiger partial charge in [0, 0.05) is 38.5 Å². The molecule has 0 saturated heterocycles. The van der Waals surface area contributed by atoms with Gasteiger partial charge in [0.15, 0.2) is 0 Å². The van der Waals surface area contributed by atoms with Crippen molar-refractivity contribution in [1.29, 1.82) is 0 Å². The third-order valence-electron chi connectivity index (χ3n) is 2.96. The van der Waals surface area contributed by atoms with Crippen LogP contribution in [0.25, 0.3) is 0 Å². The van der Waals surface area contributed by atoms with E-state index >= 15 is 0 Å². The lowest BCUT2D eigenvalue weighted by atomic mass is 9.96. The Morgan fingerprint density at radius 1 is 1.60 bits per heavy atom. The molecule has 1 rings (SSSR count). The van der Waals surface area contributed by atoms with Gasteiger partial charge in [0.1, 0.15) is 5.82 Å². The summed E-state index contributed by atoms with van der Waals surface area (Å²) in [5.74, 6) is 1.02. The number of ether oxygens (including phenoxy) is 1. The van der Waals surface area contributed by atoms with Crippen molar-refractivity contribution in [2.24, 2.45) is 5.73 Å². The molecular weight excluding hydrogens is 190 g/mol. The Morgan fingerprint density at radius 3 is 2.80 bits per heavy atom. The molecule has 0 bridgehead atoms. The normalized spacial score (nSPS) is 14.2. The molecular formula is C11H21N3O. The van der Waals surface area contributed by atoms with Crippen LogP contribution in [0.4, 0.5) is 0 Å². The predicted molar refractivity (Wildman–Crippen MR) is 60.7 cm³/mol. The summed E-state index contributed by atoms with van der Waals surface area (Å²) in [5, 5.41) is 0. The Balaban J connectivity index is 2.70. The zero-order chi connectivity index (χ0) is 11.5. The number of hydrogen-bond acceptors (Lipinski definition) is 3. The minimum absolute atomic E-state index is 0.0461. The fourth-order valence-corrected chi connectivity index (χ4v) is 1.41. The van der Waals surface area contributed by atoms with E-state index < -0.39 is 0 Å². The lowest BCUT2D eigenvalue weighted by molar-refractivity contribution is 0.000163. The number of nitrogens with two attached hydrogens (primary N) is 1. The lowest BCUT2D eigenvalue weighted by Crippen LogP contribution is -2.46. The van der Waals surface area contributed by atoms with Gasteiger partial charge in [-0.05, 0) is 20.8 Å². The highest BCUT2D eigenvalue weighted by atomic mass is 16.5. The molecule has 0 amide bonds. The van der Waals surface area contributed by atoms with Crippen LogP contribution in [0.2, 0.25) is 0 Å². The van der Waals surface area contributed by atoms with Crippen molar-refractivity contribution >= 4 is 0 Å². The van der Waals surface area contributed by atoms with Crippen LogP contribution < -0.4 is 5.73 Å². The summed E-state index contributed by atoms with van der Waals surface area (Å²) < 4.78 is 7.46. The van der Waals surface area contributed by atoms with Gasteiger partial charge in [0.05, 0.1) is 5.60 Å². The molecule has 2 N–H and O–H groups in total. The monoisotopic (exact) mass is 211 g/mol. The number of rotatable bonds is 5. The highest BCUT2D eigenvalue weighted by Gasteiger charge is 2.27. The molecule has 15 heavy (non-hydrogen) atoms. The van der Waals surface area contributed by atoms with Gasteiger partial charge < -0.3 is 15.0 Å². The van der Waals surface area contributed by atoms with Gasteiger partial charge in [-0.25, -0.2) is 4.98 Å². The number of imidazole rings is 1. The van der Waals surface area contributed by atoms with E-state index in [0.717, 1.165) is 18.8 Å². The molecule has 4 heteroatoms. The molecule has 1 heterocycles. The summed E-state index contributed by atoms with van der Waals surface area (Å²) in [5.41, 5.74) is 5.78.